The Morgan fingerprint density at radius 2 is 2.00 bits per heavy atom. The molecule has 1 unspecified atom stereocenters. The van der Waals surface area contributed by atoms with Crippen molar-refractivity contribution < 1.29 is 14.3 Å². The number of nitrogens with one attached hydrogen (secondary N) is 1. The number of likely N-dealkylation sites (N-methyl/N-ethyl adjacent to an activating group) is 1. The highest BCUT2D eigenvalue weighted by Gasteiger charge is 2.23. The predicted molar refractivity (Wildman–Crippen MR) is 84.3 cm³/mol. The molecule has 0 saturated heterocycles. The van der Waals surface area contributed by atoms with E-state index in [0.29, 0.717) is 15.9 Å². The summed E-state index contributed by atoms with van der Waals surface area (Å²) in [5.74, 6) is -0.383. The first-order chi connectivity index (χ1) is 9.76. The smallest absolute Gasteiger partial charge is 0.358 e. The van der Waals surface area contributed by atoms with E-state index in [1.165, 1.54) is 25.4 Å². The number of methoxy groups -OCH3 is 1. The van der Waals surface area contributed by atoms with Crippen LogP contribution in [0.3, 0.4) is 0 Å². The number of carbonyl (C=O) groups excluding carboxylic acids is 2. The molecule has 0 aliphatic carbocycles. The number of thiazole rings is 1. The summed E-state index contributed by atoms with van der Waals surface area (Å²) in [5, 5.41) is 3.88. The highest BCUT2D eigenvalue weighted by molar-refractivity contribution is 7.17. The van der Waals surface area contributed by atoms with E-state index in [9.17, 15) is 9.59 Å². The van der Waals surface area contributed by atoms with Gasteiger partial charge < -0.3 is 15.0 Å². The summed E-state index contributed by atoms with van der Waals surface area (Å²) in [6.45, 7) is 6.48. The SMILES string of the molecule is COC(=O)c1nc(NC(CN(C)C)C(C)C)sc1C(C)=O. The number of rotatable bonds is 7. The molecule has 0 aliphatic rings. The van der Waals surface area contributed by atoms with Gasteiger partial charge in [0.1, 0.15) is 4.88 Å². The second kappa shape index (κ2) is 7.51. The van der Waals surface area contributed by atoms with Gasteiger partial charge in [-0.15, -0.1) is 0 Å². The first-order valence-corrected chi connectivity index (χ1v) is 7.59. The van der Waals surface area contributed by atoms with Crippen molar-refractivity contribution in [2.45, 2.75) is 26.8 Å². The van der Waals surface area contributed by atoms with Crippen LogP contribution in [0, 0.1) is 5.92 Å². The van der Waals surface area contributed by atoms with Gasteiger partial charge in [-0.2, -0.15) is 0 Å². The van der Waals surface area contributed by atoms with Gasteiger partial charge in [-0.05, 0) is 20.0 Å². The van der Waals surface area contributed by atoms with E-state index in [2.05, 4.69) is 33.8 Å². The van der Waals surface area contributed by atoms with Crippen LogP contribution in [-0.2, 0) is 4.74 Å². The van der Waals surface area contributed by atoms with Crippen molar-refractivity contribution in [2.24, 2.45) is 5.92 Å². The van der Waals surface area contributed by atoms with Crippen LogP contribution >= 0.6 is 11.3 Å². The topological polar surface area (TPSA) is 71.5 Å². The van der Waals surface area contributed by atoms with Crippen molar-refractivity contribution in [2.75, 3.05) is 33.1 Å². The van der Waals surface area contributed by atoms with Gasteiger partial charge in [0.05, 0.1) is 7.11 Å². The Morgan fingerprint density at radius 3 is 2.43 bits per heavy atom. The summed E-state index contributed by atoms with van der Waals surface area (Å²) in [6.07, 6.45) is 0. The lowest BCUT2D eigenvalue weighted by Gasteiger charge is -2.25. The van der Waals surface area contributed by atoms with Gasteiger partial charge in [-0.3, -0.25) is 4.79 Å². The number of aromatic nitrogens is 1. The molecule has 1 rings (SSSR count). The standard InChI is InChI=1S/C14H23N3O3S/c1-8(2)10(7-17(4)5)15-14-16-11(13(19)20-6)12(21-14)9(3)18/h8,10H,7H2,1-6H3,(H,15,16). The Bertz CT molecular complexity index is 512. The summed E-state index contributed by atoms with van der Waals surface area (Å²) in [7, 11) is 5.28. The van der Waals surface area contributed by atoms with E-state index >= 15 is 0 Å². The second-order valence-electron chi connectivity index (χ2n) is 5.50. The lowest BCUT2D eigenvalue weighted by atomic mass is 10.0. The zero-order valence-electron chi connectivity index (χ0n) is 13.4. The fourth-order valence-corrected chi connectivity index (χ4v) is 2.74. The van der Waals surface area contributed by atoms with E-state index in [-0.39, 0.29) is 17.5 Å². The third-order valence-electron chi connectivity index (χ3n) is 3.00. The van der Waals surface area contributed by atoms with Gasteiger partial charge in [0, 0.05) is 19.5 Å². The Kier molecular flexibility index (Phi) is 6.29. The molecule has 1 atom stereocenters. The number of anilines is 1. The maximum absolute atomic E-state index is 11.7. The van der Waals surface area contributed by atoms with E-state index in [1.54, 1.807) is 0 Å². The molecular formula is C14H23N3O3S. The lowest BCUT2D eigenvalue weighted by Crippen LogP contribution is -2.36. The van der Waals surface area contributed by atoms with Crippen molar-refractivity contribution in [1.82, 2.24) is 9.88 Å². The molecule has 0 saturated carbocycles. The van der Waals surface area contributed by atoms with E-state index in [1.807, 2.05) is 14.1 Å². The van der Waals surface area contributed by atoms with Crippen LogP contribution in [0.2, 0.25) is 0 Å². The molecule has 7 heteroatoms. The summed E-state index contributed by atoms with van der Waals surface area (Å²) < 4.78 is 4.67. The van der Waals surface area contributed by atoms with Crippen LogP contribution in [0.15, 0.2) is 0 Å². The minimum atomic E-state index is -0.585. The van der Waals surface area contributed by atoms with Gasteiger partial charge in [0.15, 0.2) is 16.6 Å². The first kappa shape index (κ1) is 17.6. The molecular weight excluding hydrogens is 290 g/mol. The molecule has 1 aromatic heterocycles. The van der Waals surface area contributed by atoms with Gasteiger partial charge >= 0.3 is 5.97 Å². The number of Topliss-reactive ketones (excluding diaryl/α,β-unsaturated/α-hetero) is 1. The van der Waals surface area contributed by atoms with Gasteiger partial charge in [0.2, 0.25) is 0 Å². The van der Waals surface area contributed by atoms with Crippen LogP contribution in [0.5, 0.6) is 0 Å². The normalized spacial score (nSPS) is 12.6. The Labute approximate surface area is 129 Å². The molecule has 0 radical (unpaired) electrons. The van der Waals surface area contributed by atoms with Crippen LogP contribution in [0.4, 0.5) is 5.13 Å². The zero-order valence-corrected chi connectivity index (χ0v) is 14.2. The van der Waals surface area contributed by atoms with Crippen molar-refractivity contribution in [3.63, 3.8) is 0 Å². The van der Waals surface area contributed by atoms with Gasteiger partial charge in [-0.25, -0.2) is 9.78 Å². The summed E-state index contributed by atoms with van der Waals surface area (Å²) in [6, 6.07) is 0.177. The third-order valence-corrected chi connectivity index (χ3v) is 4.09. The summed E-state index contributed by atoms with van der Waals surface area (Å²) >= 11 is 1.19. The molecule has 6 nitrogen and oxygen atoms in total. The minimum absolute atomic E-state index is 0.0878. The van der Waals surface area contributed by atoms with E-state index in [0.717, 1.165) is 6.54 Å². The first-order valence-electron chi connectivity index (χ1n) is 6.77. The number of hydrogen-bond donors (Lipinski definition) is 1. The molecule has 0 bridgehead atoms. The number of esters is 1. The maximum Gasteiger partial charge on any atom is 0.358 e. The highest BCUT2D eigenvalue weighted by atomic mass is 32.1. The van der Waals surface area contributed by atoms with E-state index in [4.69, 9.17) is 0 Å². The average Bonchev–Trinajstić information content (AvgIpc) is 2.80. The van der Waals surface area contributed by atoms with Crippen molar-refractivity contribution >= 4 is 28.2 Å². The minimum Gasteiger partial charge on any atom is -0.464 e. The highest BCUT2D eigenvalue weighted by Crippen LogP contribution is 2.26. The molecule has 0 aliphatic heterocycles. The fraction of sp³-hybridized carbons (Fsp3) is 0.643. The Balaban J connectivity index is 3.02. The van der Waals surface area contributed by atoms with Crippen molar-refractivity contribution in [3.8, 4) is 0 Å². The summed E-state index contributed by atoms with van der Waals surface area (Å²) in [5.41, 5.74) is 0.0878. The quantitative estimate of drug-likeness (QED) is 0.614. The van der Waals surface area contributed by atoms with Crippen LogP contribution in [-0.4, -0.2) is 55.4 Å². The van der Waals surface area contributed by atoms with Crippen LogP contribution in [0.25, 0.3) is 0 Å². The Morgan fingerprint density at radius 1 is 1.38 bits per heavy atom. The maximum atomic E-state index is 11.7. The van der Waals surface area contributed by atoms with Crippen LogP contribution in [0.1, 0.15) is 40.9 Å². The molecule has 0 fully saturated rings. The number of carbonyl (C=O) groups is 2. The predicted octanol–water partition coefficient (Wildman–Crippen LogP) is 2.13. The van der Waals surface area contributed by atoms with Gasteiger partial charge in [-0.1, -0.05) is 25.2 Å². The molecule has 118 valence electrons. The number of ketones is 1. The van der Waals surface area contributed by atoms with Gasteiger partial charge in [0.25, 0.3) is 0 Å². The fourth-order valence-electron chi connectivity index (χ4n) is 1.83. The summed E-state index contributed by atoms with van der Waals surface area (Å²) in [4.78, 5) is 29.9. The molecule has 0 spiro atoms. The molecule has 0 amide bonds. The Hall–Kier alpha value is -1.47. The largest absolute Gasteiger partial charge is 0.464 e. The molecule has 1 aromatic rings. The third kappa shape index (κ3) is 4.78. The zero-order chi connectivity index (χ0) is 16.2. The molecule has 21 heavy (non-hydrogen) atoms. The van der Waals surface area contributed by atoms with Crippen molar-refractivity contribution in [1.29, 1.82) is 0 Å². The molecule has 1 heterocycles. The number of nitrogens with zero attached hydrogens (tertiary/aromatic N) is 2. The van der Waals surface area contributed by atoms with Crippen LogP contribution < -0.4 is 5.32 Å². The molecule has 1 N–H and O–H groups in total. The van der Waals surface area contributed by atoms with Crippen molar-refractivity contribution in [3.05, 3.63) is 10.6 Å². The number of ether oxygens (including phenoxy) is 1. The average molecular weight is 313 g/mol. The molecule has 0 aromatic carbocycles. The second-order valence-corrected chi connectivity index (χ2v) is 6.50. The number of hydrogen-bond acceptors (Lipinski definition) is 7. The van der Waals surface area contributed by atoms with E-state index < -0.39 is 5.97 Å². The monoisotopic (exact) mass is 313 g/mol. The lowest BCUT2D eigenvalue weighted by molar-refractivity contribution is 0.0591.